The Bertz CT molecular complexity index is 787. The highest BCUT2D eigenvalue weighted by atomic mass is 32.2. The Morgan fingerprint density at radius 3 is 2.21 bits per heavy atom. The van der Waals surface area contributed by atoms with Crippen LogP contribution in [0.5, 0.6) is 0 Å². The van der Waals surface area contributed by atoms with Crippen molar-refractivity contribution in [1.29, 1.82) is 0 Å². The van der Waals surface area contributed by atoms with Gasteiger partial charge in [-0.15, -0.1) is 0 Å². The lowest BCUT2D eigenvalue weighted by molar-refractivity contribution is 0.0725. The van der Waals surface area contributed by atoms with Crippen molar-refractivity contribution in [3.05, 3.63) is 54.4 Å². The van der Waals surface area contributed by atoms with Gasteiger partial charge in [-0.05, 0) is 49.2 Å². The second kappa shape index (κ2) is 6.81. The molecule has 2 heterocycles. The lowest BCUT2D eigenvalue weighted by Gasteiger charge is -2.31. The zero-order chi connectivity index (χ0) is 17.2. The van der Waals surface area contributed by atoms with Gasteiger partial charge in [0.2, 0.25) is 0 Å². The van der Waals surface area contributed by atoms with Crippen LogP contribution in [0.2, 0.25) is 0 Å². The molecule has 128 valence electrons. The number of amides is 1. The van der Waals surface area contributed by atoms with Crippen molar-refractivity contribution in [2.75, 3.05) is 18.8 Å². The van der Waals surface area contributed by atoms with Gasteiger partial charge in [0.1, 0.15) is 0 Å². The molecule has 1 fully saturated rings. The van der Waals surface area contributed by atoms with Gasteiger partial charge in [0.05, 0.1) is 5.25 Å². The zero-order valence-corrected chi connectivity index (χ0v) is 14.6. The number of benzene rings is 1. The molecule has 3 rings (SSSR count). The fourth-order valence-electron chi connectivity index (χ4n) is 3.12. The van der Waals surface area contributed by atoms with Crippen molar-refractivity contribution in [2.45, 2.75) is 25.0 Å². The van der Waals surface area contributed by atoms with Crippen molar-refractivity contribution in [2.24, 2.45) is 0 Å². The second-order valence-corrected chi connectivity index (χ2v) is 8.65. The second-order valence-electron chi connectivity index (χ2n) is 6.08. The van der Waals surface area contributed by atoms with E-state index >= 15 is 0 Å². The lowest BCUT2D eigenvalue weighted by Crippen LogP contribution is -2.42. The van der Waals surface area contributed by atoms with Gasteiger partial charge in [0, 0.05) is 42.5 Å². The Labute approximate surface area is 142 Å². The van der Waals surface area contributed by atoms with Crippen LogP contribution in [0.3, 0.4) is 0 Å². The summed E-state index contributed by atoms with van der Waals surface area (Å²) in [5.41, 5.74) is 1.65. The van der Waals surface area contributed by atoms with Gasteiger partial charge in [-0.25, -0.2) is 8.42 Å². The van der Waals surface area contributed by atoms with Gasteiger partial charge >= 0.3 is 0 Å². The van der Waals surface area contributed by atoms with Crippen LogP contribution in [-0.2, 0) is 9.84 Å². The maximum absolute atomic E-state index is 12.6. The number of carbonyl (C=O) groups is 1. The Hall–Kier alpha value is -2.08. The van der Waals surface area contributed by atoms with Crippen molar-refractivity contribution in [3.63, 3.8) is 0 Å². The van der Waals surface area contributed by atoms with E-state index in [-0.39, 0.29) is 16.9 Å². The van der Waals surface area contributed by atoms with E-state index in [1.54, 1.807) is 11.8 Å². The molecule has 5 nitrogen and oxygen atoms in total. The van der Waals surface area contributed by atoms with E-state index in [0.29, 0.717) is 31.5 Å². The van der Waals surface area contributed by atoms with Crippen LogP contribution < -0.4 is 0 Å². The highest BCUT2D eigenvalue weighted by molar-refractivity contribution is 7.92. The minimum atomic E-state index is -3.01. The van der Waals surface area contributed by atoms with Gasteiger partial charge in [-0.3, -0.25) is 4.79 Å². The Morgan fingerprint density at radius 2 is 1.67 bits per heavy atom. The Balaban J connectivity index is 1.65. The molecule has 0 atom stereocenters. The van der Waals surface area contributed by atoms with Crippen LogP contribution in [0.25, 0.3) is 5.69 Å². The van der Waals surface area contributed by atoms with Crippen molar-refractivity contribution < 1.29 is 13.2 Å². The molecule has 1 aliphatic heterocycles. The van der Waals surface area contributed by atoms with Crippen LogP contribution in [0.1, 0.15) is 30.1 Å². The van der Waals surface area contributed by atoms with E-state index in [1.165, 1.54) is 0 Å². The standard InChI is InChI=1S/C18H22N2O3S/c1-2-24(22,23)17-9-13-20(14-10-17)18(21)15-5-7-16(8-6-15)19-11-3-4-12-19/h3-8,11-12,17H,2,9-10,13-14H2,1H3. The maximum atomic E-state index is 12.6. The molecule has 6 heteroatoms. The van der Waals surface area contributed by atoms with E-state index in [1.807, 2.05) is 53.4 Å². The normalized spacial score (nSPS) is 16.3. The first-order chi connectivity index (χ1) is 11.5. The van der Waals surface area contributed by atoms with E-state index < -0.39 is 9.84 Å². The van der Waals surface area contributed by atoms with Crippen molar-refractivity contribution in [1.82, 2.24) is 9.47 Å². The summed E-state index contributed by atoms with van der Waals surface area (Å²) in [6.45, 7) is 2.68. The largest absolute Gasteiger partial charge is 0.339 e. The predicted octanol–water partition coefficient (Wildman–Crippen LogP) is 2.52. The number of likely N-dealkylation sites (tertiary alicyclic amines) is 1. The molecule has 1 aromatic carbocycles. The molecule has 0 bridgehead atoms. The summed E-state index contributed by atoms with van der Waals surface area (Å²) in [7, 11) is -3.01. The number of piperidine rings is 1. The van der Waals surface area contributed by atoms with Crippen molar-refractivity contribution in [3.8, 4) is 5.69 Å². The van der Waals surface area contributed by atoms with Crippen LogP contribution in [0.4, 0.5) is 0 Å². The number of rotatable bonds is 4. The van der Waals surface area contributed by atoms with E-state index in [4.69, 9.17) is 0 Å². The monoisotopic (exact) mass is 346 g/mol. The summed E-state index contributed by atoms with van der Waals surface area (Å²) in [5, 5.41) is -0.303. The smallest absolute Gasteiger partial charge is 0.253 e. The van der Waals surface area contributed by atoms with Gasteiger partial charge in [-0.2, -0.15) is 0 Å². The zero-order valence-electron chi connectivity index (χ0n) is 13.8. The summed E-state index contributed by atoms with van der Waals surface area (Å²) in [6, 6.07) is 11.4. The number of hydrogen-bond acceptors (Lipinski definition) is 3. The van der Waals surface area contributed by atoms with Gasteiger partial charge in [-0.1, -0.05) is 6.92 Å². The fraction of sp³-hybridized carbons (Fsp3) is 0.389. The summed E-state index contributed by atoms with van der Waals surface area (Å²) in [4.78, 5) is 14.3. The SMILES string of the molecule is CCS(=O)(=O)C1CCN(C(=O)c2ccc(-n3cccc3)cc2)CC1. The highest BCUT2D eigenvalue weighted by Gasteiger charge is 2.30. The van der Waals surface area contributed by atoms with Crippen LogP contribution in [0, 0.1) is 0 Å². The van der Waals surface area contributed by atoms with Crippen LogP contribution in [-0.4, -0.2) is 47.9 Å². The van der Waals surface area contributed by atoms with Crippen LogP contribution in [0.15, 0.2) is 48.8 Å². The first kappa shape index (κ1) is 16.8. The average molecular weight is 346 g/mol. The summed E-state index contributed by atoms with van der Waals surface area (Å²) in [5.74, 6) is 0.147. The molecule has 0 aliphatic carbocycles. The molecular weight excluding hydrogens is 324 g/mol. The van der Waals surface area contributed by atoms with Gasteiger partial charge in [0.15, 0.2) is 9.84 Å². The summed E-state index contributed by atoms with van der Waals surface area (Å²) < 4.78 is 25.9. The first-order valence-corrected chi connectivity index (χ1v) is 9.97. The minimum Gasteiger partial charge on any atom is -0.339 e. The number of nitrogens with zero attached hydrogens (tertiary/aromatic N) is 2. The molecule has 0 saturated carbocycles. The molecule has 24 heavy (non-hydrogen) atoms. The van der Waals surface area contributed by atoms with E-state index in [0.717, 1.165) is 5.69 Å². The van der Waals surface area contributed by atoms with Gasteiger partial charge in [0.25, 0.3) is 5.91 Å². The molecule has 1 aromatic heterocycles. The number of sulfone groups is 1. The van der Waals surface area contributed by atoms with Gasteiger partial charge < -0.3 is 9.47 Å². The van der Waals surface area contributed by atoms with Crippen LogP contribution >= 0.6 is 0 Å². The molecule has 1 amide bonds. The predicted molar refractivity (Wildman–Crippen MR) is 94.2 cm³/mol. The summed E-state index contributed by atoms with van der Waals surface area (Å²) in [6.07, 6.45) is 4.97. The third-order valence-electron chi connectivity index (χ3n) is 4.66. The topological polar surface area (TPSA) is 59.4 Å². The summed E-state index contributed by atoms with van der Waals surface area (Å²) >= 11 is 0. The molecule has 2 aromatic rings. The maximum Gasteiger partial charge on any atom is 0.253 e. The Morgan fingerprint density at radius 1 is 1.08 bits per heavy atom. The Kier molecular flexibility index (Phi) is 4.76. The molecule has 1 saturated heterocycles. The third kappa shape index (κ3) is 3.38. The molecular formula is C18H22N2O3S. The molecule has 0 N–H and O–H groups in total. The molecule has 0 radical (unpaired) electrons. The highest BCUT2D eigenvalue weighted by Crippen LogP contribution is 2.20. The fourth-order valence-corrected chi connectivity index (χ4v) is 4.52. The number of aromatic nitrogens is 1. The lowest BCUT2D eigenvalue weighted by atomic mass is 10.1. The van der Waals surface area contributed by atoms with E-state index in [9.17, 15) is 13.2 Å². The van der Waals surface area contributed by atoms with Crippen molar-refractivity contribution >= 4 is 15.7 Å². The number of hydrogen-bond donors (Lipinski definition) is 0. The molecule has 0 unspecified atom stereocenters. The molecule has 0 spiro atoms. The minimum absolute atomic E-state index is 0.0265. The average Bonchev–Trinajstić information content (AvgIpc) is 3.16. The quantitative estimate of drug-likeness (QED) is 0.855. The molecule has 1 aliphatic rings. The number of carbonyl (C=O) groups excluding carboxylic acids is 1. The first-order valence-electron chi connectivity index (χ1n) is 8.25. The van der Waals surface area contributed by atoms with E-state index in [2.05, 4.69) is 0 Å². The third-order valence-corrected chi connectivity index (χ3v) is 6.95.